The number of halogens is 1. The van der Waals surface area contributed by atoms with Crippen LogP contribution in [0.1, 0.15) is 33.0 Å². The first kappa shape index (κ1) is 15.6. The van der Waals surface area contributed by atoms with Crippen molar-refractivity contribution in [3.05, 3.63) is 89.0 Å². The van der Waals surface area contributed by atoms with Crippen molar-refractivity contribution in [2.45, 2.75) is 12.5 Å². The Kier molecular flexibility index (Phi) is 3.84. The van der Waals surface area contributed by atoms with Crippen LogP contribution in [-0.4, -0.2) is 27.1 Å². The summed E-state index contributed by atoms with van der Waals surface area (Å²) in [5.74, 6) is -0.333. The molecule has 4 nitrogen and oxygen atoms in total. The highest BCUT2D eigenvalue weighted by Gasteiger charge is 2.30. The predicted molar refractivity (Wildman–Crippen MR) is 92.6 cm³/mol. The molecule has 5 heteroatoms. The number of hydrogen-bond donors (Lipinski definition) is 0. The van der Waals surface area contributed by atoms with Gasteiger partial charge in [-0.15, -0.1) is 0 Å². The van der Waals surface area contributed by atoms with Gasteiger partial charge in [-0.3, -0.25) is 9.48 Å². The number of aromatic nitrogens is 2. The van der Waals surface area contributed by atoms with Crippen molar-refractivity contribution < 1.29 is 9.18 Å². The zero-order valence-corrected chi connectivity index (χ0v) is 13.9. The number of rotatable bonds is 2. The highest BCUT2D eigenvalue weighted by molar-refractivity contribution is 5.94. The molecule has 1 aliphatic rings. The number of benzene rings is 2. The lowest BCUT2D eigenvalue weighted by Crippen LogP contribution is -2.38. The summed E-state index contributed by atoms with van der Waals surface area (Å²) in [6.07, 6.45) is 3.85. The Bertz CT molecular complexity index is 917. The largest absolute Gasteiger partial charge is 0.333 e. The zero-order valence-electron chi connectivity index (χ0n) is 13.9. The van der Waals surface area contributed by atoms with E-state index in [1.807, 2.05) is 36.5 Å². The molecule has 1 aliphatic heterocycles. The normalized spacial score (nSPS) is 16.6. The topological polar surface area (TPSA) is 38.1 Å². The quantitative estimate of drug-likeness (QED) is 0.720. The van der Waals surface area contributed by atoms with Crippen molar-refractivity contribution in [1.29, 1.82) is 0 Å². The molecule has 2 heterocycles. The van der Waals surface area contributed by atoms with Crippen LogP contribution in [0.15, 0.2) is 60.9 Å². The molecule has 4 rings (SSSR count). The van der Waals surface area contributed by atoms with Crippen molar-refractivity contribution >= 4 is 5.91 Å². The first-order valence-corrected chi connectivity index (χ1v) is 8.23. The van der Waals surface area contributed by atoms with E-state index in [4.69, 9.17) is 0 Å². The third-order valence-corrected chi connectivity index (χ3v) is 4.70. The maximum atomic E-state index is 13.1. The lowest BCUT2D eigenvalue weighted by molar-refractivity contribution is 0.0725. The maximum Gasteiger partial charge on any atom is 0.254 e. The molecule has 1 unspecified atom stereocenters. The molecule has 0 fully saturated rings. The zero-order chi connectivity index (χ0) is 17.4. The molecular formula is C20H18FN3O. The number of carbonyl (C=O) groups excluding carboxylic acids is 1. The summed E-state index contributed by atoms with van der Waals surface area (Å²) in [5, 5.41) is 4.27. The minimum Gasteiger partial charge on any atom is -0.333 e. The molecule has 3 aromatic rings. The van der Waals surface area contributed by atoms with E-state index in [9.17, 15) is 9.18 Å². The Labute approximate surface area is 145 Å². The van der Waals surface area contributed by atoms with Gasteiger partial charge in [0.2, 0.25) is 0 Å². The van der Waals surface area contributed by atoms with Gasteiger partial charge in [0.25, 0.3) is 5.91 Å². The van der Waals surface area contributed by atoms with Crippen molar-refractivity contribution in [3.63, 3.8) is 0 Å². The fourth-order valence-corrected chi connectivity index (χ4v) is 3.44. The van der Waals surface area contributed by atoms with E-state index >= 15 is 0 Å². The van der Waals surface area contributed by atoms with Gasteiger partial charge in [-0.1, -0.05) is 24.3 Å². The van der Waals surface area contributed by atoms with E-state index in [0.717, 1.165) is 11.1 Å². The van der Waals surface area contributed by atoms with E-state index in [2.05, 4.69) is 17.2 Å². The number of nitrogens with zero attached hydrogens (tertiary/aromatic N) is 3. The van der Waals surface area contributed by atoms with E-state index in [0.29, 0.717) is 18.7 Å². The second-order valence-electron chi connectivity index (χ2n) is 6.39. The lowest BCUT2D eigenvalue weighted by Gasteiger charge is -2.34. The summed E-state index contributed by atoms with van der Waals surface area (Å²) in [7, 11) is 1.89. The van der Waals surface area contributed by atoms with Gasteiger partial charge < -0.3 is 4.90 Å². The molecule has 1 atom stereocenters. The fourth-order valence-electron chi connectivity index (χ4n) is 3.44. The molecule has 25 heavy (non-hydrogen) atoms. The molecule has 0 spiro atoms. The van der Waals surface area contributed by atoms with Gasteiger partial charge in [-0.05, 0) is 41.0 Å². The number of fused-ring (bicyclic) bond motifs is 1. The number of amides is 1. The second kappa shape index (κ2) is 6.16. The van der Waals surface area contributed by atoms with E-state index < -0.39 is 0 Å². The van der Waals surface area contributed by atoms with Gasteiger partial charge in [0.1, 0.15) is 5.82 Å². The van der Waals surface area contributed by atoms with Crippen LogP contribution in [-0.2, 0) is 13.6 Å². The number of aryl methyl sites for hydroxylation is 1. The average Bonchev–Trinajstić information content (AvgIpc) is 3.07. The molecule has 0 aliphatic carbocycles. The summed E-state index contributed by atoms with van der Waals surface area (Å²) >= 11 is 0. The molecule has 0 N–H and O–H groups in total. The first-order chi connectivity index (χ1) is 12.1. The molecule has 0 saturated carbocycles. The SMILES string of the molecule is Cn1cc(C2CN(C(=O)c3ccc(F)cc3)Cc3ccccc32)cn1. The minimum atomic E-state index is -0.339. The molecule has 126 valence electrons. The van der Waals surface area contributed by atoms with Gasteiger partial charge in [0.15, 0.2) is 0 Å². The Morgan fingerprint density at radius 2 is 1.92 bits per heavy atom. The van der Waals surface area contributed by atoms with Crippen LogP contribution in [0.5, 0.6) is 0 Å². The van der Waals surface area contributed by atoms with Crippen molar-refractivity contribution in [3.8, 4) is 0 Å². The third kappa shape index (κ3) is 2.93. The maximum absolute atomic E-state index is 13.1. The summed E-state index contributed by atoms with van der Waals surface area (Å²) in [6.45, 7) is 1.14. The minimum absolute atomic E-state index is 0.0802. The van der Waals surface area contributed by atoms with Crippen molar-refractivity contribution in [1.82, 2.24) is 14.7 Å². The van der Waals surface area contributed by atoms with E-state index in [-0.39, 0.29) is 17.6 Å². The van der Waals surface area contributed by atoms with Gasteiger partial charge in [0, 0.05) is 37.8 Å². The standard InChI is InChI=1S/C20H18FN3O/c1-23-11-16(10-22-23)19-13-24(12-15-4-2-3-5-18(15)19)20(25)14-6-8-17(21)9-7-14/h2-11,19H,12-13H2,1H3. The Balaban J connectivity index is 1.70. The molecule has 0 saturated heterocycles. The van der Waals surface area contributed by atoms with Crippen molar-refractivity contribution in [2.75, 3.05) is 6.54 Å². The van der Waals surface area contributed by atoms with Crippen LogP contribution in [0.3, 0.4) is 0 Å². The summed E-state index contributed by atoms with van der Waals surface area (Å²) < 4.78 is 14.9. The lowest BCUT2D eigenvalue weighted by atomic mass is 9.86. The molecule has 1 aromatic heterocycles. The first-order valence-electron chi connectivity index (χ1n) is 8.23. The van der Waals surface area contributed by atoms with Gasteiger partial charge in [-0.2, -0.15) is 5.10 Å². The van der Waals surface area contributed by atoms with Crippen LogP contribution in [0, 0.1) is 5.82 Å². The highest BCUT2D eigenvalue weighted by atomic mass is 19.1. The monoisotopic (exact) mass is 335 g/mol. The molecule has 0 bridgehead atoms. The summed E-state index contributed by atoms with van der Waals surface area (Å²) in [5.41, 5.74) is 3.97. The van der Waals surface area contributed by atoms with Crippen LogP contribution in [0.25, 0.3) is 0 Å². The van der Waals surface area contributed by atoms with Gasteiger partial charge in [0.05, 0.1) is 6.20 Å². The highest BCUT2D eigenvalue weighted by Crippen LogP contribution is 2.33. The third-order valence-electron chi connectivity index (χ3n) is 4.70. The Hall–Kier alpha value is -2.95. The van der Waals surface area contributed by atoms with Gasteiger partial charge in [-0.25, -0.2) is 4.39 Å². The molecule has 2 aromatic carbocycles. The van der Waals surface area contributed by atoms with Crippen LogP contribution < -0.4 is 0 Å². The van der Waals surface area contributed by atoms with E-state index in [1.54, 1.807) is 4.68 Å². The predicted octanol–water partition coefficient (Wildman–Crippen LogP) is 3.35. The smallest absolute Gasteiger partial charge is 0.254 e. The second-order valence-corrected chi connectivity index (χ2v) is 6.39. The summed E-state index contributed by atoms with van der Waals surface area (Å²) in [6, 6.07) is 13.9. The van der Waals surface area contributed by atoms with Crippen LogP contribution in [0.4, 0.5) is 4.39 Å². The fraction of sp³-hybridized carbons (Fsp3) is 0.200. The number of hydrogen-bond acceptors (Lipinski definition) is 2. The number of carbonyl (C=O) groups is 1. The molecular weight excluding hydrogens is 317 g/mol. The average molecular weight is 335 g/mol. The van der Waals surface area contributed by atoms with Crippen LogP contribution in [0.2, 0.25) is 0 Å². The molecule has 1 amide bonds. The summed E-state index contributed by atoms with van der Waals surface area (Å²) in [4.78, 5) is 14.7. The van der Waals surface area contributed by atoms with Gasteiger partial charge >= 0.3 is 0 Å². The Morgan fingerprint density at radius 1 is 1.16 bits per heavy atom. The Morgan fingerprint density at radius 3 is 2.64 bits per heavy atom. The van der Waals surface area contributed by atoms with E-state index in [1.165, 1.54) is 29.8 Å². The van der Waals surface area contributed by atoms with Crippen molar-refractivity contribution in [2.24, 2.45) is 7.05 Å². The van der Waals surface area contributed by atoms with Crippen LogP contribution >= 0.6 is 0 Å². The molecule has 0 radical (unpaired) electrons.